The van der Waals surface area contributed by atoms with E-state index in [1.54, 1.807) is 0 Å². The highest BCUT2D eigenvalue weighted by molar-refractivity contribution is 14.1. The zero-order chi connectivity index (χ0) is 18.7. The Kier molecular flexibility index (Phi) is 6.87. The van der Waals surface area contributed by atoms with Gasteiger partial charge in [0.25, 0.3) is 0 Å². The lowest BCUT2D eigenvalue weighted by molar-refractivity contribution is -0.301. The maximum absolute atomic E-state index is 12.3. The summed E-state index contributed by atoms with van der Waals surface area (Å²) in [4.78, 5) is 12.1. The molecule has 5 nitrogen and oxygen atoms in total. The summed E-state index contributed by atoms with van der Waals surface area (Å²) in [6.07, 6.45) is 1.35. The number of piperidine rings is 1. The molecule has 1 aliphatic rings. The second kappa shape index (κ2) is 8.33. The molecule has 0 saturated carbocycles. The average molecular weight is 460 g/mol. The molecular weight excluding hydrogens is 433 g/mol. The van der Waals surface area contributed by atoms with Crippen molar-refractivity contribution < 1.29 is 19.5 Å². The number of carbonyl (C=O) groups excluding carboxylic acids is 1. The lowest BCUT2D eigenvalue weighted by Crippen LogP contribution is -2.59. The van der Waals surface area contributed by atoms with Crippen molar-refractivity contribution in [2.45, 2.75) is 61.6 Å². The van der Waals surface area contributed by atoms with Gasteiger partial charge >= 0.3 is 5.97 Å². The summed E-state index contributed by atoms with van der Waals surface area (Å²) < 4.78 is 10.9. The Bertz CT molecular complexity index is 558. The molecule has 139 valence electrons. The van der Waals surface area contributed by atoms with Crippen molar-refractivity contribution in [1.29, 1.82) is 0 Å². The summed E-state index contributed by atoms with van der Waals surface area (Å²) >= 11 is 2.08. The number of esters is 1. The lowest BCUT2D eigenvalue weighted by Gasteiger charge is -2.49. The molecule has 1 aromatic rings. The van der Waals surface area contributed by atoms with Gasteiger partial charge in [-0.1, -0.05) is 52.9 Å². The van der Waals surface area contributed by atoms with Crippen molar-refractivity contribution in [3.8, 4) is 0 Å². The van der Waals surface area contributed by atoms with Crippen LogP contribution in [0.1, 0.15) is 50.0 Å². The van der Waals surface area contributed by atoms with Crippen LogP contribution in [0.5, 0.6) is 0 Å². The maximum Gasteiger partial charge on any atom is 0.323 e. The molecule has 0 bridgehead atoms. The van der Waals surface area contributed by atoms with E-state index in [4.69, 9.17) is 9.47 Å². The van der Waals surface area contributed by atoms with Gasteiger partial charge in [-0.05, 0) is 46.1 Å². The van der Waals surface area contributed by atoms with Crippen molar-refractivity contribution in [3.63, 3.8) is 0 Å². The van der Waals surface area contributed by atoms with Crippen LogP contribution >= 0.6 is 22.6 Å². The molecule has 0 N–H and O–H groups in total. The van der Waals surface area contributed by atoms with Gasteiger partial charge in [0.2, 0.25) is 0 Å². The predicted octanol–water partition coefficient (Wildman–Crippen LogP) is 4.09. The van der Waals surface area contributed by atoms with E-state index in [0.717, 1.165) is 5.56 Å². The lowest BCUT2D eigenvalue weighted by atomic mass is 9.80. The first-order chi connectivity index (χ1) is 11.6. The molecule has 1 aromatic carbocycles. The van der Waals surface area contributed by atoms with Crippen molar-refractivity contribution in [1.82, 2.24) is 5.06 Å². The number of hydroxylamine groups is 2. The van der Waals surface area contributed by atoms with Gasteiger partial charge in [0.15, 0.2) is 0 Å². The number of halogens is 1. The van der Waals surface area contributed by atoms with Crippen LogP contribution in [-0.4, -0.2) is 41.4 Å². The Balaban J connectivity index is 1.77. The number of alkyl halides is 1. The fourth-order valence-electron chi connectivity index (χ4n) is 3.48. The molecule has 0 spiro atoms. The van der Waals surface area contributed by atoms with Gasteiger partial charge in [0.1, 0.15) is 10.5 Å². The van der Waals surface area contributed by atoms with Crippen molar-refractivity contribution in [2.75, 3.05) is 13.2 Å². The highest BCUT2D eigenvalue weighted by atomic mass is 127. The van der Waals surface area contributed by atoms with Gasteiger partial charge in [-0.3, -0.25) is 4.79 Å². The third-order valence-corrected chi connectivity index (χ3v) is 5.76. The van der Waals surface area contributed by atoms with Gasteiger partial charge in [-0.2, -0.15) is 0 Å². The van der Waals surface area contributed by atoms with E-state index in [9.17, 15) is 10.0 Å². The standard InChI is InChI=1S/C19H27INO4/c1-18(2)12-15(13-19(3,4)21(18)23)24-10-11-25-17(22)16(20)14-8-6-5-7-9-14/h5-9,15-16H,10-13H2,1-4H3. The van der Waals surface area contributed by atoms with Gasteiger partial charge in [0, 0.05) is 11.1 Å². The molecule has 1 unspecified atom stereocenters. The Morgan fingerprint density at radius 3 is 2.28 bits per heavy atom. The molecule has 0 aliphatic carbocycles. The molecule has 1 saturated heterocycles. The summed E-state index contributed by atoms with van der Waals surface area (Å²) in [5.41, 5.74) is 0.0216. The van der Waals surface area contributed by atoms with E-state index in [0.29, 0.717) is 19.4 Å². The molecular formula is C19H27INO4. The third kappa shape index (κ3) is 5.39. The van der Waals surface area contributed by atoms with Crippen LogP contribution < -0.4 is 0 Å². The smallest absolute Gasteiger partial charge is 0.323 e. The summed E-state index contributed by atoms with van der Waals surface area (Å²) in [7, 11) is 0. The first-order valence-electron chi connectivity index (χ1n) is 8.58. The minimum absolute atomic E-state index is 0.00146. The first kappa shape index (κ1) is 20.6. The van der Waals surface area contributed by atoms with Crippen molar-refractivity contribution in [3.05, 3.63) is 35.9 Å². The molecule has 2 rings (SSSR count). The predicted molar refractivity (Wildman–Crippen MR) is 104 cm³/mol. The average Bonchev–Trinajstić information content (AvgIpc) is 2.56. The highest BCUT2D eigenvalue weighted by Crippen LogP contribution is 2.38. The van der Waals surface area contributed by atoms with Crippen molar-refractivity contribution >= 4 is 28.6 Å². The zero-order valence-corrected chi connectivity index (χ0v) is 17.5. The van der Waals surface area contributed by atoms with E-state index in [1.807, 2.05) is 58.0 Å². The Hall–Kier alpha value is -0.700. The van der Waals surface area contributed by atoms with E-state index < -0.39 is 11.1 Å². The van der Waals surface area contributed by atoms with Crippen LogP contribution in [0.3, 0.4) is 0 Å². The summed E-state index contributed by atoms with van der Waals surface area (Å²) in [6.45, 7) is 8.34. The zero-order valence-electron chi connectivity index (χ0n) is 15.3. The second-order valence-corrected chi connectivity index (χ2v) is 9.01. The summed E-state index contributed by atoms with van der Waals surface area (Å²) in [6, 6.07) is 9.56. The fraction of sp³-hybridized carbons (Fsp3) is 0.632. The molecule has 0 amide bonds. The Morgan fingerprint density at radius 2 is 1.72 bits per heavy atom. The Morgan fingerprint density at radius 1 is 1.16 bits per heavy atom. The van der Waals surface area contributed by atoms with Crippen LogP contribution in [0.4, 0.5) is 0 Å². The molecule has 1 atom stereocenters. The van der Waals surface area contributed by atoms with Gasteiger partial charge in [-0.15, -0.1) is 10.3 Å². The van der Waals surface area contributed by atoms with Crippen LogP contribution in [0.15, 0.2) is 30.3 Å². The van der Waals surface area contributed by atoms with E-state index in [2.05, 4.69) is 22.6 Å². The number of nitrogens with zero attached hydrogens (tertiary/aromatic N) is 1. The minimum atomic E-state index is -0.455. The molecule has 0 aromatic heterocycles. The quantitative estimate of drug-likeness (QED) is 0.278. The Labute approximate surface area is 163 Å². The first-order valence-corrected chi connectivity index (χ1v) is 9.83. The largest absolute Gasteiger partial charge is 0.462 e. The highest BCUT2D eigenvalue weighted by Gasteiger charge is 2.46. The molecule has 25 heavy (non-hydrogen) atoms. The number of rotatable bonds is 6. The van der Waals surface area contributed by atoms with Gasteiger partial charge < -0.3 is 9.47 Å². The second-order valence-electron chi connectivity index (χ2n) is 7.76. The number of carbonyl (C=O) groups is 1. The number of hydrogen-bond donors (Lipinski definition) is 0. The molecule has 1 radical (unpaired) electrons. The van der Waals surface area contributed by atoms with E-state index in [1.165, 1.54) is 5.06 Å². The third-order valence-electron chi connectivity index (χ3n) is 4.53. The van der Waals surface area contributed by atoms with Crippen LogP contribution in [-0.2, 0) is 19.5 Å². The summed E-state index contributed by atoms with van der Waals surface area (Å²) in [5.74, 6) is -0.259. The van der Waals surface area contributed by atoms with E-state index in [-0.39, 0.29) is 22.6 Å². The van der Waals surface area contributed by atoms with Crippen LogP contribution in [0, 0.1) is 0 Å². The molecule has 1 aliphatic heterocycles. The van der Waals surface area contributed by atoms with Crippen LogP contribution in [0.2, 0.25) is 0 Å². The topological polar surface area (TPSA) is 58.7 Å². The maximum atomic E-state index is 12.3. The van der Waals surface area contributed by atoms with E-state index >= 15 is 0 Å². The van der Waals surface area contributed by atoms with Gasteiger partial charge in [0.05, 0.1) is 12.7 Å². The minimum Gasteiger partial charge on any atom is -0.462 e. The SMILES string of the molecule is CC1(C)CC(OCCOC(=O)C(I)c2ccccc2)CC(C)(C)N1[O]. The normalized spacial score (nSPS) is 21.7. The molecule has 6 heteroatoms. The fourth-order valence-corrected chi connectivity index (χ4v) is 4.07. The number of benzene rings is 1. The number of hydrogen-bond acceptors (Lipinski definition) is 4. The monoisotopic (exact) mass is 460 g/mol. The van der Waals surface area contributed by atoms with Crippen molar-refractivity contribution in [2.24, 2.45) is 0 Å². The summed E-state index contributed by atoms with van der Waals surface area (Å²) in [5, 5.41) is 13.5. The molecule has 1 heterocycles. The number of ether oxygens (including phenoxy) is 2. The molecule has 1 fully saturated rings. The van der Waals surface area contributed by atoms with Gasteiger partial charge in [-0.25, -0.2) is 0 Å². The van der Waals surface area contributed by atoms with Crippen LogP contribution in [0.25, 0.3) is 0 Å².